The van der Waals surface area contributed by atoms with Gasteiger partial charge in [-0.15, -0.1) is 0 Å². The van der Waals surface area contributed by atoms with Crippen molar-refractivity contribution in [2.24, 2.45) is 0 Å². The second kappa shape index (κ2) is 6.05. The molecule has 8 heteroatoms. The van der Waals surface area contributed by atoms with Crippen molar-refractivity contribution in [2.75, 3.05) is 12.4 Å². The lowest BCUT2D eigenvalue weighted by atomic mass is 9.70. The lowest BCUT2D eigenvalue weighted by Gasteiger charge is -2.45. The summed E-state index contributed by atoms with van der Waals surface area (Å²) in [6, 6.07) is 16.9. The van der Waals surface area contributed by atoms with Gasteiger partial charge in [-0.25, -0.2) is 0 Å². The van der Waals surface area contributed by atoms with Crippen LogP contribution in [0.1, 0.15) is 23.1 Å². The minimum Gasteiger partial charge on any atom is -0.364 e. The molecule has 2 bridgehead atoms. The zero-order valence-corrected chi connectivity index (χ0v) is 19.2. The van der Waals surface area contributed by atoms with E-state index in [2.05, 4.69) is 53.9 Å². The highest BCUT2D eigenvalue weighted by Gasteiger charge is 2.74. The molecule has 156 valence electrons. The van der Waals surface area contributed by atoms with E-state index in [0.717, 1.165) is 12.1 Å². The van der Waals surface area contributed by atoms with E-state index in [1.54, 1.807) is 32.6 Å². The maximum atomic E-state index is 13.8. The second-order valence-corrected chi connectivity index (χ2v) is 13.1. The number of amides is 2. The Balaban J connectivity index is 1.51. The van der Waals surface area contributed by atoms with Gasteiger partial charge in [0.1, 0.15) is 6.17 Å². The predicted octanol–water partition coefficient (Wildman–Crippen LogP) is 4.09. The number of para-hydroxylation sites is 1. The minimum absolute atomic E-state index is 0.0312. The van der Waals surface area contributed by atoms with Crippen molar-refractivity contribution in [3.63, 3.8) is 0 Å². The van der Waals surface area contributed by atoms with Gasteiger partial charge in [0.25, 0.3) is 11.8 Å². The first kappa shape index (κ1) is 18.5. The van der Waals surface area contributed by atoms with E-state index in [0.29, 0.717) is 6.42 Å². The average molecular weight is 466 g/mol. The summed E-state index contributed by atoms with van der Waals surface area (Å²) in [6.45, 7) is 0. The van der Waals surface area contributed by atoms with Gasteiger partial charge in [0.15, 0.2) is 10.2 Å². The summed E-state index contributed by atoms with van der Waals surface area (Å²) in [5.41, 5.74) is 5.60. The number of carbonyl (C=O) groups excluding carboxylic acids is 2. The molecule has 31 heavy (non-hydrogen) atoms. The van der Waals surface area contributed by atoms with E-state index >= 15 is 0 Å². The molecule has 2 aromatic carbocycles. The van der Waals surface area contributed by atoms with Gasteiger partial charge in [0.2, 0.25) is 0 Å². The Morgan fingerprint density at radius 3 is 2.81 bits per heavy atom. The summed E-state index contributed by atoms with van der Waals surface area (Å²) in [5, 5.41) is 3.20. The van der Waals surface area contributed by atoms with E-state index in [4.69, 9.17) is 0 Å². The first-order valence-corrected chi connectivity index (χ1v) is 13.9. The van der Waals surface area contributed by atoms with Crippen LogP contribution in [0.3, 0.4) is 0 Å². The summed E-state index contributed by atoms with van der Waals surface area (Å²) in [7, 11) is 6.40. The molecule has 2 amide bonds. The van der Waals surface area contributed by atoms with Crippen molar-refractivity contribution in [3.8, 4) is 0 Å². The smallest absolute Gasteiger partial charge is 0.261 e. The van der Waals surface area contributed by atoms with Crippen LogP contribution in [0.4, 0.5) is 5.69 Å². The standard InChI is InChI=1S/C23H19N3O2S3/c1-25-19-18(27)26-20-22(16-8-4-5-9-17(16)24-20,12-23(26,21(25)28)30-31-29-19)15-11-10-13-6-2-3-7-14(13)15/h2-9,11,19-20,24H,10,12H2,1H3/t19-,20+,22-,23-/m0/s1. The summed E-state index contributed by atoms with van der Waals surface area (Å²) < 4.78 is 0. The SMILES string of the molecule is CN1C(=O)[C@@]23C[C@]4(C5=CCc6ccccc65)c5ccccc5N[C@@H]4N2C(=O)[C@@H]1SSS3. The Hall–Kier alpha value is -2.03. The maximum Gasteiger partial charge on any atom is 0.261 e. The van der Waals surface area contributed by atoms with Crippen LogP contribution in [-0.2, 0) is 21.4 Å². The molecule has 0 radical (unpaired) electrons. The minimum atomic E-state index is -0.903. The van der Waals surface area contributed by atoms with E-state index in [1.807, 2.05) is 11.0 Å². The fourth-order valence-corrected chi connectivity index (χ4v) is 11.5. The fourth-order valence-electron chi connectivity index (χ4n) is 6.13. The number of hydrogen-bond donors (Lipinski definition) is 1. The van der Waals surface area contributed by atoms with Gasteiger partial charge in [-0.3, -0.25) is 14.5 Å². The molecule has 1 N–H and O–H groups in total. The van der Waals surface area contributed by atoms with E-state index in [-0.39, 0.29) is 18.0 Å². The molecule has 4 fully saturated rings. The molecule has 5 nitrogen and oxygen atoms in total. The van der Waals surface area contributed by atoms with Crippen molar-refractivity contribution < 1.29 is 9.59 Å². The van der Waals surface area contributed by atoms with Crippen LogP contribution in [-0.4, -0.2) is 45.1 Å². The topological polar surface area (TPSA) is 52.7 Å². The number of nitrogens with one attached hydrogen (secondary N) is 1. The van der Waals surface area contributed by atoms with Crippen LogP contribution >= 0.6 is 31.4 Å². The van der Waals surface area contributed by atoms with Crippen molar-refractivity contribution in [2.45, 2.75) is 34.7 Å². The third-order valence-electron chi connectivity index (χ3n) is 7.40. The zero-order chi connectivity index (χ0) is 21.0. The number of carbonyl (C=O) groups is 2. The second-order valence-electron chi connectivity index (χ2n) is 8.73. The van der Waals surface area contributed by atoms with Gasteiger partial charge in [-0.2, -0.15) is 0 Å². The Bertz CT molecular complexity index is 1220. The molecule has 1 spiro atoms. The number of nitrogens with zero attached hydrogens (tertiary/aromatic N) is 2. The van der Waals surface area contributed by atoms with Crippen LogP contribution < -0.4 is 5.32 Å². The molecular weight excluding hydrogens is 446 g/mol. The third kappa shape index (κ3) is 2.05. The molecule has 0 aromatic heterocycles. The van der Waals surface area contributed by atoms with Crippen LogP contribution in [0.15, 0.2) is 54.6 Å². The number of allylic oxidation sites excluding steroid dienone is 1. The first-order chi connectivity index (χ1) is 15.1. The molecule has 0 saturated carbocycles. The van der Waals surface area contributed by atoms with E-state index in [9.17, 15) is 9.59 Å². The number of benzene rings is 2. The molecule has 0 unspecified atom stereocenters. The highest BCUT2D eigenvalue weighted by Crippen LogP contribution is 2.69. The largest absolute Gasteiger partial charge is 0.364 e. The Morgan fingerprint density at radius 2 is 1.90 bits per heavy atom. The number of anilines is 1. The number of fused-ring (bicyclic) bond motifs is 7. The molecule has 5 aliphatic heterocycles. The zero-order valence-electron chi connectivity index (χ0n) is 16.7. The maximum absolute atomic E-state index is 13.8. The third-order valence-corrected chi connectivity index (χ3v) is 12.2. The predicted molar refractivity (Wildman–Crippen MR) is 127 cm³/mol. The molecular formula is C23H19N3O2S3. The monoisotopic (exact) mass is 465 g/mol. The molecule has 5 heterocycles. The van der Waals surface area contributed by atoms with Crippen LogP contribution in [0.5, 0.6) is 0 Å². The number of rotatable bonds is 1. The van der Waals surface area contributed by atoms with Crippen molar-refractivity contribution in [3.05, 3.63) is 71.3 Å². The number of likely N-dealkylation sites (N-methyl/N-ethyl adjacent to an activating group) is 1. The normalized spacial score (nSPS) is 34.7. The lowest BCUT2D eigenvalue weighted by molar-refractivity contribution is -0.157. The molecule has 4 saturated heterocycles. The van der Waals surface area contributed by atoms with Gasteiger partial charge < -0.3 is 10.2 Å². The van der Waals surface area contributed by atoms with Gasteiger partial charge in [-0.1, -0.05) is 48.5 Å². The molecule has 4 atom stereocenters. The molecule has 1 aliphatic carbocycles. The summed E-state index contributed by atoms with van der Waals surface area (Å²) in [6.07, 6.45) is 3.51. The molecule has 6 aliphatic rings. The van der Waals surface area contributed by atoms with E-state index < -0.39 is 15.7 Å². The summed E-state index contributed by atoms with van der Waals surface area (Å²) >= 11 is 0. The van der Waals surface area contributed by atoms with Gasteiger partial charge in [0, 0.05) is 19.2 Å². The molecule has 8 rings (SSSR count). The summed E-state index contributed by atoms with van der Waals surface area (Å²) in [4.78, 5) is 30.2. The van der Waals surface area contributed by atoms with Gasteiger partial charge >= 0.3 is 0 Å². The first-order valence-electron chi connectivity index (χ1n) is 10.3. The van der Waals surface area contributed by atoms with Crippen molar-refractivity contribution >= 4 is 54.5 Å². The Morgan fingerprint density at radius 1 is 1.10 bits per heavy atom. The highest BCUT2D eigenvalue weighted by molar-refractivity contribution is 9.10. The number of hydrogen-bond acceptors (Lipinski definition) is 6. The lowest BCUT2D eigenvalue weighted by Crippen LogP contribution is -2.67. The van der Waals surface area contributed by atoms with Crippen molar-refractivity contribution in [1.82, 2.24) is 9.80 Å². The van der Waals surface area contributed by atoms with Gasteiger partial charge in [-0.05, 0) is 66.2 Å². The quantitative estimate of drug-likeness (QED) is 0.641. The fraction of sp³-hybridized carbons (Fsp3) is 0.304. The van der Waals surface area contributed by atoms with Crippen LogP contribution in [0, 0.1) is 0 Å². The Labute approximate surface area is 191 Å². The number of piperazine rings is 1. The molecule has 2 aromatic rings. The van der Waals surface area contributed by atoms with Crippen molar-refractivity contribution in [1.29, 1.82) is 0 Å². The average Bonchev–Trinajstić information content (AvgIpc) is 3.37. The highest BCUT2D eigenvalue weighted by atomic mass is 33.5. The Kier molecular flexibility index (Phi) is 3.62. The van der Waals surface area contributed by atoms with Crippen LogP contribution in [0.25, 0.3) is 5.57 Å². The summed E-state index contributed by atoms with van der Waals surface area (Å²) in [5.74, 6) is 0.0724. The van der Waals surface area contributed by atoms with Gasteiger partial charge in [0.05, 0.1) is 5.41 Å². The van der Waals surface area contributed by atoms with E-state index in [1.165, 1.54) is 33.1 Å². The van der Waals surface area contributed by atoms with Crippen LogP contribution in [0.2, 0.25) is 0 Å².